The Hall–Kier alpha value is -2.35. The third-order valence-corrected chi connectivity index (χ3v) is 2.52. The van der Waals surface area contributed by atoms with Crippen LogP contribution < -0.4 is 8.37 Å². The Morgan fingerprint density at radius 1 is 1.06 bits per heavy atom. The molecule has 2 aromatic rings. The maximum Gasteiger partial charge on any atom is 0.423 e. The smallest absolute Gasteiger partial charge is 0.333 e. The average molecular weight is 266 g/mol. The minimum absolute atomic E-state index is 0.111. The molecule has 0 fully saturated rings. The molecule has 0 aliphatic rings. The van der Waals surface area contributed by atoms with Gasteiger partial charge in [0.2, 0.25) is 0 Å². The van der Waals surface area contributed by atoms with Gasteiger partial charge in [-0.05, 0) is 0 Å². The standard InChI is InChI=1S/C10H10N4O3S/c1-3-13-7-5-11-9(13)16-18(15)17-10-12-6-8-14(10)4-2/h3-8H,1-2H2. The summed E-state index contributed by atoms with van der Waals surface area (Å²) in [6.45, 7) is 7.10. The number of aromatic nitrogens is 4. The van der Waals surface area contributed by atoms with Crippen LogP contribution in [0.25, 0.3) is 12.4 Å². The lowest BCUT2D eigenvalue weighted by molar-refractivity contribution is 0.424. The lowest BCUT2D eigenvalue weighted by Crippen LogP contribution is -2.12. The van der Waals surface area contributed by atoms with E-state index in [1.807, 2.05) is 0 Å². The Labute approximate surface area is 106 Å². The van der Waals surface area contributed by atoms with Crippen LogP contribution in [0.3, 0.4) is 0 Å². The third kappa shape index (κ3) is 2.48. The first-order valence-electron chi connectivity index (χ1n) is 4.84. The molecule has 0 aromatic carbocycles. The maximum absolute atomic E-state index is 11.6. The quantitative estimate of drug-likeness (QED) is 0.788. The van der Waals surface area contributed by atoms with Gasteiger partial charge in [-0.2, -0.15) is 4.21 Å². The molecule has 0 aliphatic carbocycles. The Balaban J connectivity index is 2.05. The SMILES string of the molecule is C=Cn1ccnc1OS(=O)Oc1nccn1C=C. The predicted octanol–water partition coefficient (Wildman–Crippen LogP) is 1.32. The van der Waals surface area contributed by atoms with E-state index in [9.17, 15) is 4.21 Å². The summed E-state index contributed by atoms with van der Waals surface area (Å²) in [7, 11) is 0. The van der Waals surface area contributed by atoms with Gasteiger partial charge in [-0.15, -0.1) is 0 Å². The molecular formula is C10H10N4O3S. The van der Waals surface area contributed by atoms with E-state index < -0.39 is 11.4 Å². The predicted molar refractivity (Wildman–Crippen MR) is 66.6 cm³/mol. The van der Waals surface area contributed by atoms with E-state index in [2.05, 4.69) is 23.1 Å². The lowest BCUT2D eigenvalue weighted by Gasteiger charge is -2.04. The van der Waals surface area contributed by atoms with Crippen molar-refractivity contribution in [1.82, 2.24) is 19.1 Å². The molecule has 0 saturated carbocycles. The summed E-state index contributed by atoms with van der Waals surface area (Å²) in [6, 6.07) is 0.222. The van der Waals surface area contributed by atoms with Crippen molar-refractivity contribution < 1.29 is 12.6 Å². The van der Waals surface area contributed by atoms with Crippen LogP contribution in [0, 0.1) is 0 Å². The largest absolute Gasteiger partial charge is 0.423 e. The summed E-state index contributed by atoms with van der Waals surface area (Å²) in [4.78, 5) is 7.70. The first-order valence-corrected chi connectivity index (χ1v) is 5.84. The topological polar surface area (TPSA) is 71.2 Å². The van der Waals surface area contributed by atoms with Gasteiger partial charge in [0.25, 0.3) is 0 Å². The number of nitrogens with zero attached hydrogens (tertiary/aromatic N) is 4. The van der Waals surface area contributed by atoms with Gasteiger partial charge in [-0.1, -0.05) is 13.2 Å². The van der Waals surface area contributed by atoms with Crippen LogP contribution in [-0.2, 0) is 11.4 Å². The monoisotopic (exact) mass is 266 g/mol. The van der Waals surface area contributed by atoms with Gasteiger partial charge in [0, 0.05) is 37.2 Å². The van der Waals surface area contributed by atoms with Gasteiger partial charge in [0.05, 0.1) is 0 Å². The van der Waals surface area contributed by atoms with Crippen LogP contribution in [0.2, 0.25) is 0 Å². The zero-order valence-corrected chi connectivity index (χ0v) is 10.1. The van der Waals surface area contributed by atoms with E-state index >= 15 is 0 Å². The van der Waals surface area contributed by atoms with Crippen molar-refractivity contribution in [2.75, 3.05) is 0 Å². The zero-order chi connectivity index (χ0) is 13.0. The summed E-state index contributed by atoms with van der Waals surface area (Å²) in [6.07, 6.45) is 9.10. The van der Waals surface area contributed by atoms with Crippen LogP contribution in [0.5, 0.6) is 12.0 Å². The summed E-state index contributed by atoms with van der Waals surface area (Å²) in [5.74, 6) is 0. The molecule has 0 unspecified atom stereocenters. The van der Waals surface area contributed by atoms with Gasteiger partial charge >= 0.3 is 23.4 Å². The summed E-state index contributed by atoms with van der Waals surface area (Å²) in [5, 5.41) is 0. The fourth-order valence-electron chi connectivity index (χ4n) is 1.14. The third-order valence-electron chi connectivity index (χ3n) is 1.94. The molecule has 8 heteroatoms. The van der Waals surface area contributed by atoms with Gasteiger partial charge in [-0.25, -0.2) is 9.97 Å². The van der Waals surface area contributed by atoms with Gasteiger partial charge in [-0.3, -0.25) is 9.13 Å². The van der Waals surface area contributed by atoms with Crippen LogP contribution in [0.4, 0.5) is 0 Å². The molecule has 2 aromatic heterocycles. The first-order chi connectivity index (χ1) is 8.74. The van der Waals surface area contributed by atoms with Crippen molar-refractivity contribution >= 4 is 23.8 Å². The minimum atomic E-state index is -2.06. The first kappa shape index (κ1) is 12.1. The Morgan fingerprint density at radius 3 is 1.89 bits per heavy atom. The maximum atomic E-state index is 11.6. The molecule has 0 aliphatic heterocycles. The molecule has 7 nitrogen and oxygen atoms in total. The van der Waals surface area contributed by atoms with Gasteiger partial charge < -0.3 is 8.37 Å². The molecule has 0 saturated heterocycles. The second-order valence-corrected chi connectivity index (χ2v) is 3.71. The van der Waals surface area contributed by atoms with E-state index in [1.165, 1.54) is 33.9 Å². The molecule has 0 amide bonds. The second-order valence-electron chi connectivity index (χ2n) is 2.97. The average Bonchev–Trinajstić information content (AvgIpc) is 2.97. The number of hydrogen-bond acceptors (Lipinski definition) is 5. The summed E-state index contributed by atoms with van der Waals surface area (Å²) < 4.78 is 24.5. The highest BCUT2D eigenvalue weighted by molar-refractivity contribution is 7.75. The van der Waals surface area contributed by atoms with Crippen molar-refractivity contribution in [2.45, 2.75) is 0 Å². The molecule has 0 spiro atoms. The van der Waals surface area contributed by atoms with Gasteiger partial charge in [0.1, 0.15) is 0 Å². The van der Waals surface area contributed by atoms with Crippen LogP contribution in [-0.4, -0.2) is 23.3 Å². The number of imidazole rings is 2. The van der Waals surface area contributed by atoms with Gasteiger partial charge in [0.15, 0.2) is 0 Å². The van der Waals surface area contributed by atoms with Crippen LogP contribution in [0.15, 0.2) is 37.9 Å². The van der Waals surface area contributed by atoms with Crippen molar-refractivity contribution in [3.05, 3.63) is 37.9 Å². The van der Waals surface area contributed by atoms with E-state index in [1.54, 1.807) is 12.4 Å². The summed E-state index contributed by atoms with van der Waals surface area (Å²) >= 11 is -2.06. The minimum Gasteiger partial charge on any atom is -0.333 e. The lowest BCUT2D eigenvalue weighted by atomic mass is 10.8. The fraction of sp³-hybridized carbons (Fsp3) is 0. The van der Waals surface area contributed by atoms with E-state index in [0.717, 1.165) is 0 Å². The second kappa shape index (κ2) is 5.32. The molecule has 0 radical (unpaired) electrons. The molecular weight excluding hydrogens is 256 g/mol. The summed E-state index contributed by atoms with van der Waals surface area (Å²) in [5.41, 5.74) is 0. The Morgan fingerprint density at radius 2 is 1.50 bits per heavy atom. The Bertz CT molecular complexity index is 539. The number of hydrogen-bond donors (Lipinski definition) is 0. The molecule has 0 N–H and O–H groups in total. The van der Waals surface area contributed by atoms with Crippen molar-refractivity contribution in [3.63, 3.8) is 0 Å². The van der Waals surface area contributed by atoms with Crippen molar-refractivity contribution in [1.29, 1.82) is 0 Å². The van der Waals surface area contributed by atoms with Crippen molar-refractivity contribution in [3.8, 4) is 12.0 Å². The highest BCUT2D eigenvalue weighted by Crippen LogP contribution is 2.12. The molecule has 0 atom stereocenters. The van der Waals surface area contributed by atoms with E-state index in [4.69, 9.17) is 8.37 Å². The highest BCUT2D eigenvalue weighted by Gasteiger charge is 2.12. The molecule has 18 heavy (non-hydrogen) atoms. The molecule has 2 rings (SSSR count). The molecule has 2 heterocycles. The molecule has 94 valence electrons. The van der Waals surface area contributed by atoms with E-state index in [0.29, 0.717) is 0 Å². The Kier molecular flexibility index (Phi) is 3.58. The van der Waals surface area contributed by atoms with Crippen molar-refractivity contribution in [2.24, 2.45) is 0 Å². The number of rotatable bonds is 6. The fourth-order valence-corrected chi connectivity index (χ4v) is 1.68. The van der Waals surface area contributed by atoms with E-state index in [-0.39, 0.29) is 12.0 Å². The van der Waals surface area contributed by atoms with Crippen LogP contribution in [0.1, 0.15) is 0 Å². The highest BCUT2D eigenvalue weighted by atomic mass is 32.2. The molecule has 0 bridgehead atoms. The zero-order valence-electron chi connectivity index (χ0n) is 9.30. The normalized spacial score (nSPS) is 10.3. The van der Waals surface area contributed by atoms with Crippen LogP contribution >= 0.6 is 0 Å².